The third kappa shape index (κ3) is 7.14. The molecule has 0 saturated heterocycles. The Hall–Kier alpha value is -3.36. The molecule has 7 nitrogen and oxygen atoms in total. The maximum absolute atomic E-state index is 13.9. The van der Waals surface area contributed by atoms with E-state index in [0.717, 1.165) is 21.9 Å². The standard InChI is InChI=1S/C29H34ClN3O4S/c1-5-18-31-29(35)23(4)32(19-24-12-14-25(30)15-13-24)28(34)20-33(27-9-7-6-8-22(27)3)38(36,37)26-16-10-21(2)11-17-26/h6-17,23H,5,18-20H2,1-4H3,(H,31,35). The van der Waals surface area contributed by atoms with Crippen LogP contribution in [0.2, 0.25) is 5.02 Å². The molecule has 0 aromatic heterocycles. The number of sulfonamides is 1. The molecule has 3 aromatic carbocycles. The zero-order chi connectivity index (χ0) is 27.9. The Bertz CT molecular complexity index is 1360. The molecule has 9 heteroatoms. The first-order chi connectivity index (χ1) is 18.0. The lowest BCUT2D eigenvalue weighted by Gasteiger charge is -2.32. The smallest absolute Gasteiger partial charge is 0.264 e. The SMILES string of the molecule is CCCNC(=O)C(C)N(Cc1ccc(Cl)cc1)C(=O)CN(c1ccccc1C)S(=O)(=O)c1ccc(C)cc1. The molecular formula is C29H34ClN3O4S. The Kier molecular flexibility index (Phi) is 9.94. The van der Waals surface area contributed by atoms with Gasteiger partial charge in [0.15, 0.2) is 0 Å². The van der Waals surface area contributed by atoms with Crippen molar-refractivity contribution >= 4 is 39.1 Å². The predicted octanol–water partition coefficient (Wildman–Crippen LogP) is 5.10. The van der Waals surface area contributed by atoms with Gasteiger partial charge in [0.05, 0.1) is 10.6 Å². The fourth-order valence-electron chi connectivity index (χ4n) is 3.96. The zero-order valence-electron chi connectivity index (χ0n) is 22.1. The summed E-state index contributed by atoms with van der Waals surface area (Å²) >= 11 is 6.03. The van der Waals surface area contributed by atoms with E-state index in [9.17, 15) is 18.0 Å². The minimum absolute atomic E-state index is 0.0807. The van der Waals surface area contributed by atoms with Gasteiger partial charge in [0.2, 0.25) is 11.8 Å². The van der Waals surface area contributed by atoms with Gasteiger partial charge in [-0.2, -0.15) is 0 Å². The number of anilines is 1. The average Bonchev–Trinajstić information content (AvgIpc) is 2.90. The second-order valence-corrected chi connectivity index (χ2v) is 11.5. The Morgan fingerprint density at radius 3 is 2.18 bits per heavy atom. The molecule has 0 spiro atoms. The molecule has 0 aliphatic carbocycles. The van der Waals surface area contributed by atoms with Crippen LogP contribution in [0, 0.1) is 13.8 Å². The van der Waals surface area contributed by atoms with Gasteiger partial charge < -0.3 is 10.2 Å². The van der Waals surface area contributed by atoms with E-state index in [1.165, 1.54) is 17.0 Å². The van der Waals surface area contributed by atoms with Gasteiger partial charge in [0.25, 0.3) is 10.0 Å². The van der Waals surface area contributed by atoms with Gasteiger partial charge in [-0.3, -0.25) is 13.9 Å². The topological polar surface area (TPSA) is 86.8 Å². The van der Waals surface area contributed by atoms with Gasteiger partial charge in [0.1, 0.15) is 12.6 Å². The molecule has 202 valence electrons. The molecule has 3 rings (SSSR count). The van der Waals surface area contributed by atoms with Crippen molar-refractivity contribution in [2.24, 2.45) is 0 Å². The molecule has 0 bridgehead atoms. The number of hydrogen-bond donors (Lipinski definition) is 1. The number of carbonyl (C=O) groups is 2. The first-order valence-corrected chi connectivity index (χ1v) is 14.3. The number of para-hydroxylation sites is 1. The van der Waals surface area contributed by atoms with Crippen molar-refractivity contribution < 1.29 is 18.0 Å². The molecule has 2 amide bonds. The Balaban J connectivity index is 2.02. The highest BCUT2D eigenvalue weighted by Crippen LogP contribution is 2.27. The number of rotatable bonds is 11. The van der Waals surface area contributed by atoms with E-state index in [0.29, 0.717) is 22.8 Å². The number of halogens is 1. The van der Waals surface area contributed by atoms with E-state index >= 15 is 0 Å². The summed E-state index contributed by atoms with van der Waals surface area (Å²) in [6, 6.07) is 19.7. The van der Waals surface area contributed by atoms with E-state index in [1.54, 1.807) is 68.4 Å². The lowest BCUT2D eigenvalue weighted by molar-refractivity contribution is -0.139. The molecule has 0 radical (unpaired) electrons. The van der Waals surface area contributed by atoms with Crippen molar-refractivity contribution in [2.45, 2.75) is 51.6 Å². The van der Waals surface area contributed by atoms with Gasteiger partial charge in [-0.25, -0.2) is 8.42 Å². The molecule has 0 aliphatic rings. The number of amides is 2. The van der Waals surface area contributed by atoms with Crippen molar-refractivity contribution in [3.63, 3.8) is 0 Å². The third-order valence-corrected chi connectivity index (χ3v) is 8.28. The Morgan fingerprint density at radius 2 is 1.58 bits per heavy atom. The van der Waals surface area contributed by atoms with Crippen LogP contribution in [-0.4, -0.2) is 44.3 Å². The van der Waals surface area contributed by atoms with E-state index in [1.807, 2.05) is 19.9 Å². The van der Waals surface area contributed by atoms with Crippen molar-refractivity contribution in [1.29, 1.82) is 0 Å². The van der Waals surface area contributed by atoms with E-state index in [2.05, 4.69) is 5.32 Å². The van der Waals surface area contributed by atoms with Gasteiger partial charge in [0, 0.05) is 18.1 Å². The van der Waals surface area contributed by atoms with Crippen LogP contribution in [0.25, 0.3) is 0 Å². The minimum atomic E-state index is -4.09. The third-order valence-electron chi connectivity index (χ3n) is 6.25. The summed E-state index contributed by atoms with van der Waals surface area (Å²) in [4.78, 5) is 28.3. The van der Waals surface area contributed by atoms with Crippen LogP contribution in [0.3, 0.4) is 0 Å². The number of hydrogen-bond acceptors (Lipinski definition) is 4. The molecule has 1 unspecified atom stereocenters. The highest BCUT2D eigenvalue weighted by atomic mass is 35.5. The number of benzene rings is 3. The van der Waals surface area contributed by atoms with Crippen LogP contribution < -0.4 is 9.62 Å². The highest BCUT2D eigenvalue weighted by molar-refractivity contribution is 7.92. The van der Waals surface area contributed by atoms with Gasteiger partial charge in [-0.15, -0.1) is 0 Å². The highest BCUT2D eigenvalue weighted by Gasteiger charge is 2.33. The van der Waals surface area contributed by atoms with Crippen LogP contribution in [0.15, 0.2) is 77.7 Å². The zero-order valence-corrected chi connectivity index (χ0v) is 23.7. The Morgan fingerprint density at radius 1 is 0.947 bits per heavy atom. The van der Waals surface area contributed by atoms with Crippen LogP contribution in [-0.2, 0) is 26.2 Å². The summed E-state index contributed by atoms with van der Waals surface area (Å²) in [5.41, 5.74) is 2.79. The van der Waals surface area contributed by atoms with Crippen molar-refractivity contribution in [2.75, 3.05) is 17.4 Å². The summed E-state index contributed by atoms with van der Waals surface area (Å²) < 4.78 is 28.8. The molecule has 0 fully saturated rings. The average molecular weight is 556 g/mol. The molecule has 1 atom stereocenters. The molecular weight excluding hydrogens is 522 g/mol. The van der Waals surface area contributed by atoms with Gasteiger partial charge in [-0.05, 0) is 68.7 Å². The van der Waals surface area contributed by atoms with Crippen LogP contribution in [0.5, 0.6) is 0 Å². The molecule has 38 heavy (non-hydrogen) atoms. The van der Waals surface area contributed by atoms with Crippen molar-refractivity contribution in [3.8, 4) is 0 Å². The van der Waals surface area contributed by atoms with E-state index < -0.39 is 28.5 Å². The van der Waals surface area contributed by atoms with Crippen molar-refractivity contribution in [3.05, 3.63) is 94.5 Å². The normalized spacial score (nSPS) is 12.0. The second-order valence-electron chi connectivity index (χ2n) is 9.23. The fourth-order valence-corrected chi connectivity index (χ4v) is 5.56. The summed E-state index contributed by atoms with van der Waals surface area (Å²) in [7, 11) is -4.09. The summed E-state index contributed by atoms with van der Waals surface area (Å²) in [6.45, 7) is 7.37. The molecule has 1 N–H and O–H groups in total. The number of nitrogens with zero attached hydrogens (tertiary/aromatic N) is 2. The van der Waals surface area contributed by atoms with Crippen LogP contribution in [0.4, 0.5) is 5.69 Å². The Labute approximate surface area is 230 Å². The maximum atomic E-state index is 13.9. The quantitative estimate of drug-likeness (QED) is 0.357. The van der Waals surface area contributed by atoms with E-state index in [-0.39, 0.29) is 17.3 Å². The maximum Gasteiger partial charge on any atom is 0.264 e. The summed E-state index contributed by atoms with van der Waals surface area (Å²) in [6.07, 6.45) is 0.749. The lowest BCUT2D eigenvalue weighted by atomic mass is 10.1. The van der Waals surface area contributed by atoms with Gasteiger partial charge >= 0.3 is 0 Å². The van der Waals surface area contributed by atoms with Crippen molar-refractivity contribution in [1.82, 2.24) is 10.2 Å². The molecule has 0 heterocycles. The number of nitrogens with one attached hydrogen (secondary N) is 1. The first kappa shape index (κ1) is 29.2. The molecule has 3 aromatic rings. The molecule has 0 saturated carbocycles. The van der Waals surface area contributed by atoms with E-state index in [4.69, 9.17) is 11.6 Å². The van der Waals surface area contributed by atoms with Crippen LogP contribution in [0.1, 0.15) is 37.0 Å². The fraction of sp³-hybridized carbons (Fsp3) is 0.310. The second kappa shape index (κ2) is 12.9. The summed E-state index contributed by atoms with van der Waals surface area (Å²) in [5, 5.41) is 3.38. The number of aryl methyl sites for hydroxylation is 2. The number of carbonyl (C=O) groups excluding carboxylic acids is 2. The molecule has 0 aliphatic heterocycles. The largest absolute Gasteiger partial charge is 0.354 e. The summed E-state index contributed by atoms with van der Waals surface area (Å²) in [5.74, 6) is -0.809. The van der Waals surface area contributed by atoms with Crippen LogP contribution >= 0.6 is 11.6 Å². The first-order valence-electron chi connectivity index (χ1n) is 12.5. The monoisotopic (exact) mass is 555 g/mol. The van der Waals surface area contributed by atoms with Gasteiger partial charge in [-0.1, -0.05) is 66.6 Å². The predicted molar refractivity (Wildman–Crippen MR) is 152 cm³/mol. The lowest BCUT2D eigenvalue weighted by Crippen LogP contribution is -2.51. The minimum Gasteiger partial charge on any atom is -0.354 e.